The van der Waals surface area contributed by atoms with Crippen LogP contribution in [0.15, 0.2) is 35.5 Å². The molecule has 8 nitrogen and oxygen atoms in total. The first-order chi connectivity index (χ1) is 13.1. The van der Waals surface area contributed by atoms with Crippen molar-refractivity contribution in [3.8, 4) is 0 Å². The summed E-state index contributed by atoms with van der Waals surface area (Å²) in [7, 11) is 3.19. The molecular weight excluding hydrogens is 366 g/mol. The third-order valence-electron chi connectivity index (χ3n) is 5.00. The van der Waals surface area contributed by atoms with E-state index in [9.17, 15) is 9.59 Å². The summed E-state index contributed by atoms with van der Waals surface area (Å²) in [5.74, 6) is 0.472. The molecule has 9 heteroatoms. The Bertz CT molecular complexity index is 787. The lowest BCUT2D eigenvalue weighted by Crippen LogP contribution is -2.49. The standard InChI is InChI=1S/C18H23N5O3S/c1-22-17(19-20-21-22)27-13-8-15(24)23-11-9-18(10-12-23,16(25)26-2)14-6-4-3-5-7-14/h3-7H,8-13H2,1-2H3. The number of thioether (sulfide) groups is 1. The van der Waals surface area contributed by atoms with Gasteiger partial charge in [0.25, 0.3) is 0 Å². The van der Waals surface area contributed by atoms with Crippen LogP contribution < -0.4 is 0 Å². The highest BCUT2D eigenvalue weighted by atomic mass is 32.2. The van der Waals surface area contributed by atoms with Gasteiger partial charge in [-0.1, -0.05) is 42.1 Å². The Morgan fingerprint density at radius 2 is 1.93 bits per heavy atom. The van der Waals surface area contributed by atoms with Crippen LogP contribution >= 0.6 is 11.8 Å². The van der Waals surface area contributed by atoms with Crippen molar-refractivity contribution >= 4 is 23.6 Å². The third-order valence-corrected chi connectivity index (χ3v) is 6.01. The molecule has 2 heterocycles. The SMILES string of the molecule is COC(=O)C1(c2ccccc2)CCN(C(=O)CCSc2nnnn2C)CC1. The summed E-state index contributed by atoms with van der Waals surface area (Å²) in [4.78, 5) is 26.9. The number of hydrogen-bond acceptors (Lipinski definition) is 7. The predicted molar refractivity (Wildman–Crippen MR) is 100 cm³/mol. The van der Waals surface area contributed by atoms with Crippen molar-refractivity contribution in [3.63, 3.8) is 0 Å². The molecule has 0 atom stereocenters. The molecular formula is C18H23N5O3S. The number of carbonyl (C=O) groups is 2. The van der Waals surface area contributed by atoms with Crippen LogP contribution in [0.25, 0.3) is 0 Å². The summed E-state index contributed by atoms with van der Waals surface area (Å²) < 4.78 is 6.68. The maximum atomic E-state index is 12.6. The average Bonchev–Trinajstić information content (AvgIpc) is 3.12. The molecule has 0 spiro atoms. The number of esters is 1. The maximum Gasteiger partial charge on any atom is 0.316 e. The molecule has 2 aromatic rings. The highest BCUT2D eigenvalue weighted by Gasteiger charge is 2.44. The van der Waals surface area contributed by atoms with E-state index in [1.165, 1.54) is 18.9 Å². The first-order valence-corrected chi connectivity index (χ1v) is 9.82. The summed E-state index contributed by atoms with van der Waals surface area (Å²) >= 11 is 1.46. The van der Waals surface area contributed by atoms with Gasteiger partial charge >= 0.3 is 5.97 Å². The van der Waals surface area contributed by atoms with Crippen LogP contribution in [0.2, 0.25) is 0 Å². The van der Waals surface area contributed by atoms with Crippen molar-refractivity contribution in [2.45, 2.75) is 29.8 Å². The van der Waals surface area contributed by atoms with Crippen LogP contribution in [-0.2, 0) is 26.8 Å². The number of methoxy groups -OCH3 is 1. The van der Waals surface area contributed by atoms with Gasteiger partial charge in [-0.25, -0.2) is 4.68 Å². The molecule has 1 aromatic carbocycles. The summed E-state index contributed by atoms with van der Waals surface area (Å²) in [6.45, 7) is 1.08. The Hall–Kier alpha value is -2.42. The number of ether oxygens (including phenoxy) is 1. The fourth-order valence-corrected chi connectivity index (χ4v) is 4.21. The zero-order valence-electron chi connectivity index (χ0n) is 15.5. The number of hydrogen-bond donors (Lipinski definition) is 0. The van der Waals surface area contributed by atoms with Gasteiger partial charge in [-0.2, -0.15) is 0 Å². The van der Waals surface area contributed by atoms with Crippen LogP contribution in [0.1, 0.15) is 24.8 Å². The molecule has 0 radical (unpaired) electrons. The molecule has 1 aromatic heterocycles. The minimum Gasteiger partial charge on any atom is -0.468 e. The second kappa shape index (κ2) is 8.51. The number of rotatable bonds is 6. The first kappa shape index (κ1) is 19.3. The van der Waals surface area contributed by atoms with Gasteiger partial charge in [0.2, 0.25) is 11.1 Å². The fourth-order valence-electron chi connectivity index (χ4n) is 3.43. The van der Waals surface area contributed by atoms with Gasteiger partial charge in [-0.15, -0.1) is 5.10 Å². The zero-order chi connectivity index (χ0) is 19.3. The van der Waals surface area contributed by atoms with Crippen molar-refractivity contribution in [3.05, 3.63) is 35.9 Å². The quantitative estimate of drug-likeness (QED) is 0.545. The summed E-state index contributed by atoms with van der Waals surface area (Å²) in [5, 5.41) is 11.9. The third kappa shape index (κ3) is 4.13. The molecule has 3 rings (SSSR count). The fraction of sp³-hybridized carbons (Fsp3) is 0.500. The largest absolute Gasteiger partial charge is 0.468 e. The minimum absolute atomic E-state index is 0.0872. The molecule has 1 saturated heterocycles. The molecule has 0 N–H and O–H groups in total. The number of piperidine rings is 1. The topological polar surface area (TPSA) is 90.2 Å². The zero-order valence-corrected chi connectivity index (χ0v) is 16.3. The molecule has 0 aliphatic carbocycles. The van der Waals surface area contributed by atoms with E-state index in [4.69, 9.17) is 4.74 Å². The number of carbonyl (C=O) groups excluding carboxylic acids is 2. The van der Waals surface area contributed by atoms with Crippen molar-refractivity contribution < 1.29 is 14.3 Å². The lowest BCUT2D eigenvalue weighted by Gasteiger charge is -2.40. The van der Waals surface area contributed by atoms with Crippen molar-refractivity contribution in [1.82, 2.24) is 25.1 Å². The van der Waals surface area contributed by atoms with Crippen LogP contribution in [0.5, 0.6) is 0 Å². The Balaban J connectivity index is 1.58. The van der Waals surface area contributed by atoms with Crippen molar-refractivity contribution in [2.24, 2.45) is 7.05 Å². The Morgan fingerprint density at radius 3 is 2.52 bits per heavy atom. The van der Waals surface area contributed by atoms with E-state index in [1.54, 1.807) is 11.7 Å². The second-order valence-corrected chi connectivity index (χ2v) is 7.57. The molecule has 1 amide bonds. The summed E-state index contributed by atoms with van der Waals surface area (Å²) in [6, 6.07) is 9.70. The van der Waals surface area contributed by atoms with Gasteiger partial charge in [-0.3, -0.25) is 9.59 Å². The number of tetrazole rings is 1. The molecule has 0 unspecified atom stereocenters. The molecule has 0 bridgehead atoms. The van der Waals surface area contributed by atoms with Gasteiger partial charge in [0, 0.05) is 32.3 Å². The molecule has 0 saturated carbocycles. The number of amides is 1. The Morgan fingerprint density at radius 1 is 1.22 bits per heavy atom. The van der Waals surface area contributed by atoms with E-state index in [1.807, 2.05) is 35.2 Å². The molecule has 27 heavy (non-hydrogen) atoms. The molecule has 1 aliphatic rings. The lowest BCUT2D eigenvalue weighted by atomic mass is 9.72. The summed E-state index contributed by atoms with van der Waals surface area (Å²) in [5.41, 5.74) is 0.278. The van der Waals surface area contributed by atoms with Crippen LogP contribution in [0.4, 0.5) is 0 Å². The molecule has 1 fully saturated rings. The Kier molecular flexibility index (Phi) is 6.10. The van der Waals surface area contributed by atoms with Gasteiger partial charge in [0.05, 0.1) is 12.5 Å². The molecule has 1 aliphatic heterocycles. The van der Waals surface area contributed by atoms with Crippen molar-refractivity contribution in [2.75, 3.05) is 26.0 Å². The monoisotopic (exact) mass is 389 g/mol. The normalized spacial score (nSPS) is 16.1. The van der Waals surface area contributed by atoms with E-state index in [2.05, 4.69) is 15.5 Å². The van der Waals surface area contributed by atoms with E-state index in [0.29, 0.717) is 43.3 Å². The summed E-state index contributed by atoms with van der Waals surface area (Å²) in [6.07, 6.45) is 1.54. The van der Waals surface area contributed by atoms with E-state index >= 15 is 0 Å². The Labute approximate surface area is 162 Å². The second-order valence-electron chi connectivity index (χ2n) is 6.50. The smallest absolute Gasteiger partial charge is 0.316 e. The van der Waals surface area contributed by atoms with Crippen LogP contribution in [-0.4, -0.2) is 62.9 Å². The highest BCUT2D eigenvalue weighted by molar-refractivity contribution is 7.99. The maximum absolute atomic E-state index is 12.6. The van der Waals surface area contributed by atoms with E-state index in [-0.39, 0.29) is 11.9 Å². The van der Waals surface area contributed by atoms with Crippen LogP contribution in [0.3, 0.4) is 0 Å². The van der Waals surface area contributed by atoms with Gasteiger partial charge in [0.1, 0.15) is 0 Å². The predicted octanol–water partition coefficient (Wildman–Crippen LogP) is 1.43. The van der Waals surface area contributed by atoms with E-state index < -0.39 is 5.41 Å². The van der Waals surface area contributed by atoms with Crippen molar-refractivity contribution in [1.29, 1.82) is 0 Å². The van der Waals surface area contributed by atoms with E-state index in [0.717, 1.165) is 5.56 Å². The minimum atomic E-state index is -0.675. The number of likely N-dealkylation sites (tertiary alicyclic amines) is 1. The number of benzene rings is 1. The van der Waals surface area contributed by atoms with Gasteiger partial charge in [0.15, 0.2) is 0 Å². The lowest BCUT2D eigenvalue weighted by molar-refractivity contribution is -0.151. The average molecular weight is 389 g/mol. The number of aryl methyl sites for hydroxylation is 1. The number of nitrogens with zero attached hydrogens (tertiary/aromatic N) is 5. The highest BCUT2D eigenvalue weighted by Crippen LogP contribution is 2.37. The van der Waals surface area contributed by atoms with Gasteiger partial charge < -0.3 is 9.64 Å². The van der Waals surface area contributed by atoms with Gasteiger partial charge in [-0.05, 0) is 28.8 Å². The first-order valence-electron chi connectivity index (χ1n) is 8.84. The van der Waals surface area contributed by atoms with Crippen LogP contribution in [0, 0.1) is 0 Å². The number of aromatic nitrogens is 4. The molecule has 144 valence electrons.